The summed E-state index contributed by atoms with van der Waals surface area (Å²) in [7, 11) is 1.79. The summed E-state index contributed by atoms with van der Waals surface area (Å²) in [4.78, 5) is 2.60. The molecule has 3 rings (SSSR count). The molecule has 1 saturated heterocycles. The first kappa shape index (κ1) is 12.9. The van der Waals surface area contributed by atoms with Gasteiger partial charge in [-0.1, -0.05) is 17.7 Å². The Morgan fingerprint density at radius 2 is 2.00 bits per heavy atom. The normalized spacial score (nSPS) is 22.2. The molecule has 0 atom stereocenters. The Labute approximate surface area is 115 Å². The van der Waals surface area contributed by atoms with Gasteiger partial charge in [0.2, 0.25) is 0 Å². The SMILES string of the molecule is COc1ccc(C)cc1C1(CN2CCNCC2)CC1. The molecule has 2 fully saturated rings. The number of nitrogens with one attached hydrogen (secondary N) is 1. The Morgan fingerprint density at radius 1 is 1.26 bits per heavy atom. The number of ether oxygens (including phenoxy) is 1. The third-order valence-corrected chi connectivity index (χ3v) is 4.52. The third kappa shape index (κ3) is 2.63. The molecule has 1 aliphatic heterocycles. The van der Waals surface area contributed by atoms with Gasteiger partial charge in [0.15, 0.2) is 0 Å². The van der Waals surface area contributed by atoms with E-state index in [0.717, 1.165) is 18.8 Å². The molecule has 1 aromatic rings. The van der Waals surface area contributed by atoms with E-state index in [1.807, 2.05) is 0 Å². The van der Waals surface area contributed by atoms with Gasteiger partial charge in [-0.15, -0.1) is 0 Å². The summed E-state index contributed by atoms with van der Waals surface area (Å²) < 4.78 is 5.58. The smallest absolute Gasteiger partial charge is 0.122 e. The zero-order valence-corrected chi connectivity index (χ0v) is 12.0. The van der Waals surface area contributed by atoms with Crippen molar-refractivity contribution in [1.29, 1.82) is 0 Å². The lowest BCUT2D eigenvalue weighted by Crippen LogP contribution is -2.46. The third-order valence-electron chi connectivity index (χ3n) is 4.52. The van der Waals surface area contributed by atoms with Crippen molar-refractivity contribution in [3.8, 4) is 5.75 Å². The molecule has 0 spiro atoms. The summed E-state index contributed by atoms with van der Waals surface area (Å²) in [5, 5.41) is 3.43. The van der Waals surface area contributed by atoms with E-state index in [2.05, 4.69) is 35.3 Å². The number of hydrogen-bond acceptors (Lipinski definition) is 3. The van der Waals surface area contributed by atoms with Gasteiger partial charge in [-0.25, -0.2) is 0 Å². The van der Waals surface area contributed by atoms with Gasteiger partial charge in [0, 0.05) is 43.7 Å². The molecule has 1 N–H and O–H groups in total. The van der Waals surface area contributed by atoms with Crippen LogP contribution in [0.2, 0.25) is 0 Å². The summed E-state index contributed by atoms with van der Waals surface area (Å²) in [6.07, 6.45) is 2.60. The average molecular weight is 260 g/mol. The van der Waals surface area contributed by atoms with E-state index in [0.29, 0.717) is 5.41 Å². The number of benzene rings is 1. The average Bonchev–Trinajstić information content (AvgIpc) is 3.21. The minimum Gasteiger partial charge on any atom is -0.496 e. The van der Waals surface area contributed by atoms with Crippen LogP contribution in [0.15, 0.2) is 18.2 Å². The zero-order chi connectivity index (χ0) is 13.3. The van der Waals surface area contributed by atoms with E-state index in [1.165, 1.54) is 43.6 Å². The standard InChI is InChI=1S/C16H24N2O/c1-13-3-4-15(19-2)14(11-13)16(5-6-16)12-18-9-7-17-8-10-18/h3-4,11,17H,5-10,12H2,1-2H3. The number of nitrogens with zero attached hydrogens (tertiary/aromatic N) is 1. The van der Waals surface area contributed by atoms with E-state index in [1.54, 1.807) is 7.11 Å². The topological polar surface area (TPSA) is 24.5 Å². The van der Waals surface area contributed by atoms with Crippen LogP contribution in [-0.4, -0.2) is 44.7 Å². The van der Waals surface area contributed by atoms with Crippen LogP contribution in [0.4, 0.5) is 0 Å². The van der Waals surface area contributed by atoms with Gasteiger partial charge in [0.1, 0.15) is 5.75 Å². The van der Waals surface area contributed by atoms with Crippen LogP contribution in [-0.2, 0) is 5.41 Å². The van der Waals surface area contributed by atoms with Crippen LogP contribution in [0.25, 0.3) is 0 Å². The quantitative estimate of drug-likeness (QED) is 0.895. The lowest BCUT2D eigenvalue weighted by atomic mass is 9.92. The van der Waals surface area contributed by atoms with Gasteiger partial charge in [-0.05, 0) is 25.8 Å². The van der Waals surface area contributed by atoms with Crippen molar-refractivity contribution >= 4 is 0 Å². The van der Waals surface area contributed by atoms with Crippen molar-refractivity contribution in [2.75, 3.05) is 39.8 Å². The lowest BCUT2D eigenvalue weighted by molar-refractivity contribution is 0.219. The Balaban J connectivity index is 1.81. The lowest BCUT2D eigenvalue weighted by Gasteiger charge is -2.31. The molecule has 19 heavy (non-hydrogen) atoms. The minimum absolute atomic E-state index is 0.356. The van der Waals surface area contributed by atoms with Crippen molar-refractivity contribution in [2.45, 2.75) is 25.2 Å². The highest BCUT2D eigenvalue weighted by molar-refractivity contribution is 5.45. The summed E-state index contributed by atoms with van der Waals surface area (Å²) in [6.45, 7) is 7.96. The second-order valence-electron chi connectivity index (χ2n) is 6.01. The summed E-state index contributed by atoms with van der Waals surface area (Å²) in [5.41, 5.74) is 3.12. The Kier molecular flexibility index (Phi) is 3.50. The molecule has 1 aromatic carbocycles. The fourth-order valence-electron chi connectivity index (χ4n) is 3.20. The first-order chi connectivity index (χ1) is 9.23. The highest BCUT2D eigenvalue weighted by Crippen LogP contribution is 2.52. The van der Waals surface area contributed by atoms with Gasteiger partial charge < -0.3 is 10.1 Å². The number of piperazine rings is 1. The predicted molar refractivity (Wildman–Crippen MR) is 78.0 cm³/mol. The van der Waals surface area contributed by atoms with Crippen LogP contribution in [0.1, 0.15) is 24.0 Å². The van der Waals surface area contributed by atoms with Gasteiger partial charge in [-0.2, -0.15) is 0 Å². The molecular weight excluding hydrogens is 236 g/mol. The molecule has 0 aromatic heterocycles. The largest absolute Gasteiger partial charge is 0.496 e. The first-order valence-electron chi connectivity index (χ1n) is 7.32. The number of aryl methyl sites for hydroxylation is 1. The minimum atomic E-state index is 0.356. The highest BCUT2D eigenvalue weighted by atomic mass is 16.5. The number of methoxy groups -OCH3 is 1. The molecule has 1 aliphatic carbocycles. The van der Waals surface area contributed by atoms with Crippen molar-refractivity contribution in [2.24, 2.45) is 0 Å². The van der Waals surface area contributed by atoms with E-state index < -0.39 is 0 Å². The van der Waals surface area contributed by atoms with Crippen LogP contribution in [0.3, 0.4) is 0 Å². The molecule has 1 saturated carbocycles. The maximum Gasteiger partial charge on any atom is 0.122 e. The van der Waals surface area contributed by atoms with Crippen molar-refractivity contribution in [1.82, 2.24) is 10.2 Å². The van der Waals surface area contributed by atoms with Crippen LogP contribution < -0.4 is 10.1 Å². The van der Waals surface area contributed by atoms with E-state index in [4.69, 9.17) is 4.74 Å². The van der Waals surface area contributed by atoms with Gasteiger partial charge in [0.25, 0.3) is 0 Å². The molecule has 104 valence electrons. The summed E-state index contributed by atoms with van der Waals surface area (Å²) >= 11 is 0. The summed E-state index contributed by atoms with van der Waals surface area (Å²) in [5.74, 6) is 1.07. The molecule has 2 aliphatic rings. The van der Waals surface area contributed by atoms with Crippen molar-refractivity contribution < 1.29 is 4.74 Å². The van der Waals surface area contributed by atoms with Gasteiger partial charge >= 0.3 is 0 Å². The summed E-state index contributed by atoms with van der Waals surface area (Å²) in [6, 6.07) is 6.60. The van der Waals surface area contributed by atoms with Gasteiger partial charge in [-0.3, -0.25) is 4.90 Å². The molecule has 0 unspecified atom stereocenters. The Morgan fingerprint density at radius 3 is 2.63 bits per heavy atom. The van der Waals surface area contributed by atoms with E-state index in [9.17, 15) is 0 Å². The highest BCUT2D eigenvalue weighted by Gasteiger charge is 2.47. The molecule has 0 bridgehead atoms. The maximum absolute atomic E-state index is 5.58. The predicted octanol–water partition coefficient (Wildman–Crippen LogP) is 1.94. The monoisotopic (exact) mass is 260 g/mol. The Hall–Kier alpha value is -1.06. The van der Waals surface area contributed by atoms with Crippen molar-refractivity contribution in [3.05, 3.63) is 29.3 Å². The fourth-order valence-corrected chi connectivity index (χ4v) is 3.20. The van der Waals surface area contributed by atoms with Crippen LogP contribution in [0, 0.1) is 6.92 Å². The maximum atomic E-state index is 5.58. The molecule has 0 amide bonds. The number of hydrogen-bond donors (Lipinski definition) is 1. The zero-order valence-electron chi connectivity index (χ0n) is 12.0. The van der Waals surface area contributed by atoms with Crippen molar-refractivity contribution in [3.63, 3.8) is 0 Å². The molecule has 3 heteroatoms. The molecule has 1 heterocycles. The Bertz CT molecular complexity index is 448. The van der Waals surface area contributed by atoms with Crippen LogP contribution in [0.5, 0.6) is 5.75 Å². The van der Waals surface area contributed by atoms with Crippen LogP contribution >= 0.6 is 0 Å². The second kappa shape index (κ2) is 5.14. The first-order valence-corrected chi connectivity index (χ1v) is 7.32. The molecule has 3 nitrogen and oxygen atoms in total. The fraction of sp³-hybridized carbons (Fsp3) is 0.625. The molecule has 0 radical (unpaired) electrons. The van der Waals surface area contributed by atoms with E-state index >= 15 is 0 Å². The second-order valence-corrected chi connectivity index (χ2v) is 6.01. The van der Waals surface area contributed by atoms with Gasteiger partial charge in [0.05, 0.1) is 7.11 Å². The molecular formula is C16H24N2O. The van der Waals surface area contributed by atoms with E-state index in [-0.39, 0.29) is 0 Å². The number of rotatable bonds is 4.